The van der Waals surface area contributed by atoms with Crippen molar-refractivity contribution < 1.29 is 9.59 Å². The Morgan fingerprint density at radius 2 is 1.52 bits per heavy atom. The molecule has 0 saturated carbocycles. The van der Waals surface area contributed by atoms with Crippen molar-refractivity contribution in [2.24, 2.45) is 0 Å². The Morgan fingerprint density at radius 1 is 0.926 bits per heavy atom. The van der Waals surface area contributed by atoms with Crippen LogP contribution in [0.4, 0.5) is 21.9 Å². The van der Waals surface area contributed by atoms with Crippen LogP contribution in [0.5, 0.6) is 0 Å². The summed E-state index contributed by atoms with van der Waals surface area (Å²) < 4.78 is 0. The summed E-state index contributed by atoms with van der Waals surface area (Å²) in [6, 6.07) is 12.7. The van der Waals surface area contributed by atoms with Gasteiger partial charge in [0.05, 0.1) is 5.56 Å². The number of hydrogen-bond donors (Lipinski definition) is 2. The molecule has 2 aromatic rings. The molecule has 3 amide bonds. The molecule has 3 rings (SSSR count). The summed E-state index contributed by atoms with van der Waals surface area (Å²) in [7, 11) is 3.82. The molecule has 142 valence electrons. The van der Waals surface area contributed by atoms with E-state index in [-0.39, 0.29) is 11.9 Å². The summed E-state index contributed by atoms with van der Waals surface area (Å²) in [5, 5.41) is 5.62. The predicted molar refractivity (Wildman–Crippen MR) is 110 cm³/mol. The maximum Gasteiger partial charge on any atom is 0.323 e. The molecule has 1 heterocycles. The topological polar surface area (TPSA) is 64.7 Å². The smallest absolute Gasteiger partial charge is 0.323 e. The van der Waals surface area contributed by atoms with Crippen LogP contribution < -0.4 is 15.5 Å². The van der Waals surface area contributed by atoms with Crippen LogP contribution in [0.2, 0.25) is 0 Å². The van der Waals surface area contributed by atoms with Crippen LogP contribution in [0.15, 0.2) is 42.5 Å². The Kier molecular flexibility index (Phi) is 5.64. The van der Waals surface area contributed by atoms with Crippen molar-refractivity contribution in [2.45, 2.75) is 19.8 Å². The van der Waals surface area contributed by atoms with Crippen LogP contribution in [0.25, 0.3) is 0 Å². The second-order valence-corrected chi connectivity index (χ2v) is 7.07. The third kappa shape index (κ3) is 4.58. The third-order valence-electron chi connectivity index (χ3n) is 4.67. The second kappa shape index (κ2) is 8.12. The highest BCUT2D eigenvalue weighted by Gasteiger charge is 2.23. The minimum absolute atomic E-state index is 0.0128. The highest BCUT2D eigenvalue weighted by molar-refractivity contribution is 6.04. The molecule has 0 bridgehead atoms. The van der Waals surface area contributed by atoms with Crippen molar-refractivity contribution in [1.82, 2.24) is 4.90 Å². The van der Waals surface area contributed by atoms with Gasteiger partial charge in [-0.3, -0.25) is 4.79 Å². The summed E-state index contributed by atoms with van der Waals surface area (Å²) in [5.41, 5.74) is 3.89. The van der Waals surface area contributed by atoms with Crippen molar-refractivity contribution in [1.29, 1.82) is 0 Å². The number of rotatable bonds is 4. The number of benzene rings is 2. The molecule has 0 unspecified atom stereocenters. The summed E-state index contributed by atoms with van der Waals surface area (Å²) in [5.74, 6) is 0.0128. The number of urea groups is 1. The molecule has 2 N–H and O–H groups in total. The first kappa shape index (κ1) is 18.8. The molecule has 6 heteroatoms. The molecule has 0 aliphatic carbocycles. The molecule has 0 radical (unpaired) electrons. The fraction of sp³-hybridized carbons (Fsp3) is 0.333. The van der Waals surface area contributed by atoms with E-state index in [1.54, 1.807) is 6.07 Å². The van der Waals surface area contributed by atoms with Gasteiger partial charge in [-0.05, 0) is 50.1 Å². The molecule has 1 aliphatic rings. The summed E-state index contributed by atoms with van der Waals surface area (Å²) >= 11 is 0. The predicted octanol–water partition coefficient (Wildman–Crippen LogP) is 3.94. The quantitative estimate of drug-likeness (QED) is 0.861. The van der Waals surface area contributed by atoms with Gasteiger partial charge in [-0.25, -0.2) is 4.79 Å². The first-order valence-electron chi connectivity index (χ1n) is 9.19. The van der Waals surface area contributed by atoms with Gasteiger partial charge in [-0.15, -0.1) is 0 Å². The zero-order chi connectivity index (χ0) is 19.4. The average Bonchev–Trinajstić information content (AvgIpc) is 3.17. The Labute approximate surface area is 160 Å². The van der Waals surface area contributed by atoms with Crippen LogP contribution in [-0.2, 0) is 0 Å². The van der Waals surface area contributed by atoms with Crippen molar-refractivity contribution in [3.05, 3.63) is 53.6 Å². The summed E-state index contributed by atoms with van der Waals surface area (Å²) in [4.78, 5) is 29.0. The number of likely N-dealkylation sites (tertiary alicyclic amines) is 1. The number of amides is 3. The summed E-state index contributed by atoms with van der Waals surface area (Å²) in [6.45, 7) is 3.57. The molecule has 27 heavy (non-hydrogen) atoms. The van der Waals surface area contributed by atoms with Gasteiger partial charge >= 0.3 is 6.03 Å². The third-order valence-corrected chi connectivity index (χ3v) is 4.67. The van der Waals surface area contributed by atoms with E-state index in [1.807, 2.05) is 67.2 Å². The molecule has 6 nitrogen and oxygen atoms in total. The number of nitrogens with one attached hydrogen (secondary N) is 2. The number of anilines is 3. The van der Waals surface area contributed by atoms with E-state index >= 15 is 0 Å². The standard InChI is InChI=1S/C21H26N4O2/c1-15-6-8-16(9-7-15)22-21(27)23-17-10-11-19(24(2)3)18(14-17)20(26)25-12-4-5-13-25/h6-11,14H,4-5,12-13H2,1-3H3,(H2,22,23,27). The van der Waals surface area contributed by atoms with Gasteiger partial charge in [0.2, 0.25) is 0 Å². The van der Waals surface area contributed by atoms with Crippen LogP contribution in [0.3, 0.4) is 0 Å². The molecular weight excluding hydrogens is 340 g/mol. The molecule has 0 atom stereocenters. The minimum atomic E-state index is -0.337. The van der Waals surface area contributed by atoms with Gasteiger partial charge in [0, 0.05) is 44.2 Å². The van der Waals surface area contributed by atoms with Crippen molar-refractivity contribution >= 4 is 29.0 Å². The van der Waals surface area contributed by atoms with Crippen LogP contribution >= 0.6 is 0 Å². The number of carbonyl (C=O) groups is 2. The van der Waals surface area contributed by atoms with Crippen molar-refractivity contribution in [2.75, 3.05) is 42.7 Å². The fourth-order valence-electron chi connectivity index (χ4n) is 3.20. The lowest BCUT2D eigenvalue weighted by atomic mass is 10.1. The summed E-state index contributed by atoms with van der Waals surface area (Å²) in [6.07, 6.45) is 2.08. The van der Waals surface area contributed by atoms with Gasteiger partial charge in [0.25, 0.3) is 5.91 Å². The normalized spacial score (nSPS) is 13.4. The van der Waals surface area contributed by atoms with Gasteiger partial charge in [-0.1, -0.05) is 17.7 Å². The minimum Gasteiger partial charge on any atom is -0.377 e. The van der Waals surface area contributed by atoms with E-state index in [9.17, 15) is 9.59 Å². The highest BCUT2D eigenvalue weighted by atomic mass is 16.2. The van der Waals surface area contributed by atoms with Crippen LogP contribution in [0, 0.1) is 6.92 Å². The fourth-order valence-corrected chi connectivity index (χ4v) is 3.20. The lowest BCUT2D eigenvalue weighted by Gasteiger charge is -2.22. The largest absolute Gasteiger partial charge is 0.377 e. The Morgan fingerprint density at radius 3 is 2.15 bits per heavy atom. The number of carbonyl (C=O) groups excluding carboxylic acids is 2. The molecule has 0 spiro atoms. The Balaban J connectivity index is 1.77. The van der Waals surface area contributed by atoms with Gasteiger partial charge in [-0.2, -0.15) is 0 Å². The SMILES string of the molecule is Cc1ccc(NC(=O)Nc2ccc(N(C)C)c(C(=O)N3CCCC3)c2)cc1. The van der Waals surface area contributed by atoms with Crippen LogP contribution in [0.1, 0.15) is 28.8 Å². The first-order chi connectivity index (χ1) is 12.9. The Bertz CT molecular complexity index is 825. The molecule has 1 aliphatic heterocycles. The van der Waals surface area contributed by atoms with E-state index in [0.717, 1.165) is 42.9 Å². The lowest BCUT2D eigenvalue weighted by molar-refractivity contribution is 0.0793. The molecular formula is C21H26N4O2. The molecule has 1 fully saturated rings. The van der Waals surface area contributed by atoms with Crippen molar-refractivity contribution in [3.8, 4) is 0 Å². The van der Waals surface area contributed by atoms with Gasteiger partial charge in [0.15, 0.2) is 0 Å². The van der Waals surface area contributed by atoms with E-state index < -0.39 is 0 Å². The number of hydrogen-bond acceptors (Lipinski definition) is 3. The van der Waals surface area contributed by atoms with Crippen molar-refractivity contribution in [3.63, 3.8) is 0 Å². The maximum absolute atomic E-state index is 12.9. The highest BCUT2D eigenvalue weighted by Crippen LogP contribution is 2.26. The van der Waals surface area contributed by atoms with E-state index in [4.69, 9.17) is 0 Å². The van der Waals surface area contributed by atoms with E-state index in [0.29, 0.717) is 11.3 Å². The molecule has 1 saturated heterocycles. The number of aryl methyl sites for hydroxylation is 1. The monoisotopic (exact) mass is 366 g/mol. The average molecular weight is 366 g/mol. The van der Waals surface area contributed by atoms with E-state index in [2.05, 4.69) is 10.6 Å². The second-order valence-electron chi connectivity index (χ2n) is 7.07. The van der Waals surface area contributed by atoms with Crippen LogP contribution in [-0.4, -0.2) is 44.0 Å². The van der Waals surface area contributed by atoms with Gasteiger partial charge < -0.3 is 20.4 Å². The van der Waals surface area contributed by atoms with Gasteiger partial charge in [0.1, 0.15) is 0 Å². The molecule has 2 aromatic carbocycles. The lowest BCUT2D eigenvalue weighted by Crippen LogP contribution is -2.29. The van der Waals surface area contributed by atoms with E-state index in [1.165, 1.54) is 0 Å². The Hall–Kier alpha value is -3.02. The molecule has 0 aromatic heterocycles. The first-order valence-corrected chi connectivity index (χ1v) is 9.19. The number of nitrogens with zero attached hydrogens (tertiary/aromatic N) is 2. The zero-order valence-electron chi connectivity index (χ0n) is 16.1. The maximum atomic E-state index is 12.9. The zero-order valence-corrected chi connectivity index (χ0v) is 16.1.